The molecule has 2 aliphatic rings. The van der Waals surface area contributed by atoms with Gasteiger partial charge in [0, 0.05) is 18.3 Å². The third kappa shape index (κ3) is 3.16. The first kappa shape index (κ1) is 14.5. The molecule has 2 heterocycles. The van der Waals surface area contributed by atoms with Gasteiger partial charge in [-0.15, -0.1) is 0 Å². The lowest BCUT2D eigenvalue weighted by molar-refractivity contribution is -0.150. The summed E-state index contributed by atoms with van der Waals surface area (Å²) in [5.74, 6) is 0.259. The van der Waals surface area contributed by atoms with Gasteiger partial charge in [0.15, 0.2) is 0 Å². The Morgan fingerprint density at radius 3 is 2.84 bits per heavy atom. The van der Waals surface area contributed by atoms with E-state index in [2.05, 4.69) is 5.32 Å². The standard InChI is InChI=1S/C13H22N2O3S/c1-13(11(16)17)6-2-3-7-15(13)12(18)14-9-10-5-4-8-19-10/h10H,2-9H2,1H3,(H,14,18)(H,16,17). The number of carbonyl (C=O) groups excluding carboxylic acids is 1. The van der Waals surface area contributed by atoms with Gasteiger partial charge in [-0.25, -0.2) is 9.59 Å². The fourth-order valence-corrected chi connectivity index (χ4v) is 3.97. The summed E-state index contributed by atoms with van der Waals surface area (Å²) in [5, 5.41) is 12.8. The summed E-state index contributed by atoms with van der Waals surface area (Å²) >= 11 is 1.89. The fourth-order valence-electron chi connectivity index (χ4n) is 2.77. The highest BCUT2D eigenvalue weighted by Gasteiger charge is 2.43. The summed E-state index contributed by atoms with van der Waals surface area (Å²) in [5.41, 5.74) is -1.05. The average molecular weight is 286 g/mol. The second kappa shape index (κ2) is 6.03. The van der Waals surface area contributed by atoms with Crippen molar-refractivity contribution in [3.8, 4) is 0 Å². The third-order valence-electron chi connectivity index (χ3n) is 4.10. The van der Waals surface area contributed by atoms with E-state index < -0.39 is 11.5 Å². The van der Waals surface area contributed by atoms with Gasteiger partial charge in [-0.2, -0.15) is 11.8 Å². The summed E-state index contributed by atoms with van der Waals surface area (Å²) in [7, 11) is 0. The Hall–Kier alpha value is -0.910. The topological polar surface area (TPSA) is 69.6 Å². The van der Waals surface area contributed by atoms with Gasteiger partial charge in [0.25, 0.3) is 0 Å². The van der Waals surface area contributed by atoms with Crippen LogP contribution in [-0.2, 0) is 4.79 Å². The molecule has 2 fully saturated rings. The fraction of sp³-hybridized carbons (Fsp3) is 0.846. The number of hydrogen-bond acceptors (Lipinski definition) is 3. The van der Waals surface area contributed by atoms with Gasteiger partial charge < -0.3 is 15.3 Å². The Labute approximate surface area is 118 Å². The second-order valence-corrected chi connectivity index (χ2v) is 6.92. The Morgan fingerprint density at radius 1 is 1.42 bits per heavy atom. The molecular formula is C13H22N2O3S. The molecular weight excluding hydrogens is 264 g/mol. The van der Waals surface area contributed by atoms with Crippen LogP contribution in [0.25, 0.3) is 0 Å². The van der Waals surface area contributed by atoms with Crippen LogP contribution in [0, 0.1) is 0 Å². The number of rotatable bonds is 3. The van der Waals surface area contributed by atoms with Crippen LogP contribution >= 0.6 is 11.8 Å². The van der Waals surface area contributed by atoms with Crippen LogP contribution in [-0.4, -0.2) is 51.6 Å². The zero-order valence-corrected chi connectivity index (χ0v) is 12.2. The SMILES string of the molecule is CC1(C(=O)O)CCCCN1C(=O)NCC1CCCS1. The number of carboxylic acid groups (broad SMARTS) is 1. The minimum Gasteiger partial charge on any atom is -0.480 e. The van der Waals surface area contributed by atoms with Gasteiger partial charge in [-0.1, -0.05) is 0 Å². The lowest BCUT2D eigenvalue weighted by Gasteiger charge is -2.41. The Kier molecular flexibility index (Phi) is 4.60. The number of carboxylic acids is 1. The highest BCUT2D eigenvalue weighted by atomic mass is 32.2. The summed E-state index contributed by atoms with van der Waals surface area (Å²) in [4.78, 5) is 25.1. The molecule has 2 atom stereocenters. The maximum atomic E-state index is 12.2. The van der Waals surface area contributed by atoms with Gasteiger partial charge in [0.05, 0.1) is 0 Å². The molecule has 0 saturated carbocycles. The van der Waals surface area contributed by atoms with Crippen molar-refractivity contribution >= 4 is 23.8 Å². The Bertz CT molecular complexity index is 358. The molecule has 2 saturated heterocycles. The van der Waals surface area contributed by atoms with Crippen molar-refractivity contribution < 1.29 is 14.7 Å². The number of urea groups is 1. The van der Waals surface area contributed by atoms with Gasteiger partial charge >= 0.3 is 12.0 Å². The zero-order chi connectivity index (χ0) is 13.9. The van der Waals surface area contributed by atoms with Crippen LogP contribution in [0.15, 0.2) is 0 Å². The molecule has 0 aromatic rings. The van der Waals surface area contributed by atoms with Crippen LogP contribution in [0.4, 0.5) is 4.79 Å². The van der Waals surface area contributed by atoms with E-state index in [0.717, 1.165) is 25.0 Å². The summed E-state index contributed by atoms with van der Waals surface area (Å²) in [6.45, 7) is 2.83. The number of thioether (sulfide) groups is 1. The normalized spacial score (nSPS) is 31.2. The van der Waals surface area contributed by atoms with Crippen LogP contribution in [0.5, 0.6) is 0 Å². The van der Waals surface area contributed by atoms with Gasteiger partial charge in [-0.05, 0) is 44.8 Å². The number of likely N-dealkylation sites (tertiary alicyclic amines) is 1. The van der Waals surface area contributed by atoms with Gasteiger partial charge in [0.1, 0.15) is 5.54 Å². The second-order valence-electron chi connectivity index (χ2n) is 5.51. The predicted octanol–water partition coefficient (Wildman–Crippen LogP) is 1.92. The van der Waals surface area contributed by atoms with E-state index in [1.54, 1.807) is 6.92 Å². The third-order valence-corrected chi connectivity index (χ3v) is 5.50. The molecule has 0 aromatic carbocycles. The molecule has 0 spiro atoms. The van der Waals surface area contributed by atoms with Crippen molar-refractivity contribution in [2.24, 2.45) is 0 Å². The molecule has 6 heteroatoms. The molecule has 2 N–H and O–H groups in total. The van der Waals surface area contributed by atoms with Crippen molar-refractivity contribution in [2.45, 2.75) is 49.8 Å². The number of piperidine rings is 1. The predicted molar refractivity (Wildman–Crippen MR) is 75.5 cm³/mol. The minimum absolute atomic E-state index is 0.225. The maximum absolute atomic E-state index is 12.2. The molecule has 0 bridgehead atoms. The van der Waals surface area contributed by atoms with Crippen molar-refractivity contribution in [3.63, 3.8) is 0 Å². The number of nitrogens with zero attached hydrogens (tertiary/aromatic N) is 1. The number of carbonyl (C=O) groups is 2. The first-order valence-corrected chi connectivity index (χ1v) is 7.99. The van der Waals surface area contributed by atoms with Gasteiger partial charge in [0.2, 0.25) is 0 Å². The highest BCUT2D eigenvalue weighted by molar-refractivity contribution is 8.00. The van der Waals surface area contributed by atoms with Crippen LogP contribution < -0.4 is 5.32 Å². The van der Waals surface area contributed by atoms with Crippen molar-refractivity contribution in [1.82, 2.24) is 10.2 Å². The monoisotopic (exact) mass is 286 g/mol. The molecule has 2 unspecified atom stereocenters. The van der Waals surface area contributed by atoms with E-state index in [0.29, 0.717) is 24.8 Å². The molecule has 5 nitrogen and oxygen atoms in total. The van der Waals surface area contributed by atoms with E-state index >= 15 is 0 Å². The summed E-state index contributed by atoms with van der Waals surface area (Å²) < 4.78 is 0. The number of aliphatic carboxylic acids is 1. The lowest BCUT2D eigenvalue weighted by Crippen LogP contribution is -2.60. The quantitative estimate of drug-likeness (QED) is 0.831. The zero-order valence-electron chi connectivity index (χ0n) is 11.4. The van der Waals surface area contributed by atoms with E-state index in [1.165, 1.54) is 11.3 Å². The van der Waals surface area contributed by atoms with Crippen molar-refractivity contribution in [1.29, 1.82) is 0 Å². The number of nitrogens with one attached hydrogen (secondary N) is 1. The molecule has 2 rings (SSSR count). The van der Waals surface area contributed by atoms with E-state index in [4.69, 9.17) is 0 Å². The van der Waals surface area contributed by atoms with E-state index in [1.807, 2.05) is 11.8 Å². The molecule has 0 aliphatic carbocycles. The van der Waals surface area contributed by atoms with Crippen molar-refractivity contribution in [3.05, 3.63) is 0 Å². The number of hydrogen-bond donors (Lipinski definition) is 2. The Morgan fingerprint density at radius 2 is 2.21 bits per heavy atom. The van der Waals surface area contributed by atoms with Crippen LogP contribution in [0.3, 0.4) is 0 Å². The molecule has 108 valence electrons. The summed E-state index contributed by atoms with van der Waals surface area (Å²) in [6.07, 6.45) is 4.64. The molecule has 0 radical (unpaired) electrons. The number of amides is 2. The van der Waals surface area contributed by atoms with E-state index in [9.17, 15) is 14.7 Å². The lowest BCUT2D eigenvalue weighted by atomic mass is 9.89. The van der Waals surface area contributed by atoms with Crippen LogP contribution in [0.2, 0.25) is 0 Å². The molecule has 2 amide bonds. The van der Waals surface area contributed by atoms with Crippen molar-refractivity contribution in [2.75, 3.05) is 18.8 Å². The highest BCUT2D eigenvalue weighted by Crippen LogP contribution is 2.29. The average Bonchev–Trinajstić information content (AvgIpc) is 2.89. The van der Waals surface area contributed by atoms with Gasteiger partial charge in [-0.3, -0.25) is 0 Å². The minimum atomic E-state index is -1.05. The van der Waals surface area contributed by atoms with Crippen LogP contribution in [0.1, 0.15) is 39.0 Å². The molecule has 2 aliphatic heterocycles. The maximum Gasteiger partial charge on any atom is 0.329 e. The first-order valence-electron chi connectivity index (χ1n) is 6.94. The largest absolute Gasteiger partial charge is 0.480 e. The smallest absolute Gasteiger partial charge is 0.329 e. The molecule has 19 heavy (non-hydrogen) atoms. The molecule has 0 aromatic heterocycles. The first-order chi connectivity index (χ1) is 9.04. The van der Waals surface area contributed by atoms with E-state index in [-0.39, 0.29) is 6.03 Å². The summed E-state index contributed by atoms with van der Waals surface area (Å²) in [6, 6.07) is -0.225. The Balaban J connectivity index is 1.93.